The van der Waals surface area contributed by atoms with Crippen molar-refractivity contribution in [3.05, 3.63) is 164 Å². The summed E-state index contributed by atoms with van der Waals surface area (Å²) in [5, 5.41) is 1.02. The van der Waals surface area contributed by atoms with Crippen molar-refractivity contribution >= 4 is 21.6 Å². The first kappa shape index (κ1) is 26.9. The topological polar surface area (TPSA) is 38.7 Å². The third kappa shape index (κ3) is 5.33. The van der Waals surface area contributed by atoms with Crippen LogP contribution in [0.5, 0.6) is 0 Å². The number of benzene rings is 6. The van der Waals surface area contributed by atoms with Gasteiger partial charge in [0.1, 0.15) is 5.01 Å². The van der Waals surface area contributed by atoms with Crippen LogP contribution in [-0.2, 0) is 0 Å². The minimum absolute atomic E-state index is 0.694. The first-order valence-electron chi connectivity index (χ1n) is 15.0. The number of hydrogen-bond donors (Lipinski definition) is 0. The van der Waals surface area contributed by atoms with E-state index in [4.69, 9.17) is 15.0 Å². The molecule has 0 spiro atoms. The molecular formula is C41H27N3S. The fraction of sp³-hybridized carbons (Fsp3) is 0. The van der Waals surface area contributed by atoms with Gasteiger partial charge in [0.05, 0.1) is 21.6 Å². The normalized spacial score (nSPS) is 11.1. The third-order valence-corrected chi connectivity index (χ3v) is 9.05. The molecule has 2 heterocycles. The van der Waals surface area contributed by atoms with Crippen molar-refractivity contribution in [1.29, 1.82) is 0 Å². The van der Waals surface area contributed by atoms with E-state index < -0.39 is 0 Å². The molecular weight excluding hydrogens is 567 g/mol. The molecule has 0 unspecified atom stereocenters. The predicted octanol–water partition coefficient (Wildman–Crippen LogP) is 11.1. The highest BCUT2D eigenvalue weighted by atomic mass is 32.1. The molecule has 0 bridgehead atoms. The molecule has 0 N–H and O–H groups in total. The summed E-state index contributed by atoms with van der Waals surface area (Å²) in [5.41, 5.74) is 11.5. The molecule has 2 aromatic heterocycles. The van der Waals surface area contributed by atoms with Crippen LogP contribution < -0.4 is 0 Å². The van der Waals surface area contributed by atoms with E-state index in [0.29, 0.717) is 5.82 Å². The average Bonchev–Trinajstić information content (AvgIpc) is 3.58. The Hall–Kier alpha value is -5.71. The summed E-state index contributed by atoms with van der Waals surface area (Å²) in [6.45, 7) is 0. The molecule has 0 atom stereocenters. The molecule has 6 aromatic carbocycles. The number of para-hydroxylation sites is 1. The molecule has 4 heteroatoms. The Balaban J connectivity index is 1.28. The summed E-state index contributed by atoms with van der Waals surface area (Å²) in [7, 11) is 0. The van der Waals surface area contributed by atoms with E-state index >= 15 is 0 Å². The first-order valence-corrected chi connectivity index (χ1v) is 15.8. The second-order valence-corrected chi connectivity index (χ2v) is 11.9. The lowest BCUT2D eigenvalue weighted by molar-refractivity contribution is 1.18. The molecule has 0 aliphatic heterocycles. The van der Waals surface area contributed by atoms with Gasteiger partial charge < -0.3 is 0 Å². The Morgan fingerprint density at radius 2 is 0.889 bits per heavy atom. The van der Waals surface area contributed by atoms with Crippen LogP contribution in [0, 0.1) is 0 Å². The zero-order valence-electron chi connectivity index (χ0n) is 24.3. The maximum absolute atomic E-state index is 5.19. The van der Waals surface area contributed by atoms with E-state index in [-0.39, 0.29) is 0 Å². The van der Waals surface area contributed by atoms with Gasteiger partial charge in [0.15, 0.2) is 5.82 Å². The fourth-order valence-electron chi connectivity index (χ4n) is 5.72. The van der Waals surface area contributed by atoms with E-state index in [1.54, 1.807) is 11.3 Å². The molecule has 8 aromatic rings. The first-order chi connectivity index (χ1) is 22.3. The molecule has 0 amide bonds. The monoisotopic (exact) mass is 593 g/mol. The minimum Gasteiger partial charge on any atom is -0.235 e. The highest BCUT2D eigenvalue weighted by Crippen LogP contribution is 2.40. The number of aromatic nitrogens is 3. The van der Waals surface area contributed by atoms with Gasteiger partial charge in [0.2, 0.25) is 0 Å². The van der Waals surface area contributed by atoms with E-state index in [2.05, 4.69) is 133 Å². The summed E-state index contributed by atoms with van der Waals surface area (Å²) >= 11 is 1.72. The average molecular weight is 594 g/mol. The largest absolute Gasteiger partial charge is 0.235 e. The van der Waals surface area contributed by atoms with E-state index in [9.17, 15) is 0 Å². The molecule has 0 saturated carbocycles. The van der Waals surface area contributed by atoms with Gasteiger partial charge in [-0.05, 0) is 28.8 Å². The highest BCUT2D eigenvalue weighted by molar-refractivity contribution is 7.21. The maximum atomic E-state index is 5.19. The number of fused-ring (bicyclic) bond motifs is 1. The Morgan fingerprint density at radius 1 is 0.356 bits per heavy atom. The minimum atomic E-state index is 0.694. The van der Waals surface area contributed by atoms with E-state index in [1.807, 2.05) is 30.3 Å². The van der Waals surface area contributed by atoms with E-state index in [0.717, 1.165) is 65.6 Å². The summed E-state index contributed by atoms with van der Waals surface area (Å²) in [5.74, 6) is 0.694. The number of nitrogens with zero attached hydrogens (tertiary/aromatic N) is 3. The lowest BCUT2D eigenvalue weighted by Crippen LogP contribution is -1.97. The van der Waals surface area contributed by atoms with Crippen LogP contribution in [0.15, 0.2) is 164 Å². The maximum Gasteiger partial charge on any atom is 0.160 e. The second kappa shape index (κ2) is 11.8. The van der Waals surface area contributed by atoms with Crippen LogP contribution in [0.25, 0.3) is 76.9 Å². The summed E-state index contributed by atoms with van der Waals surface area (Å²) in [4.78, 5) is 15.4. The molecule has 0 aliphatic carbocycles. The van der Waals surface area contributed by atoms with Gasteiger partial charge in [-0.1, -0.05) is 152 Å². The standard InChI is InChI=1S/C41H27N3S/c1-4-13-28(14-5-1)29-23-25-31(26-24-29)40-42-36(30-15-6-2-7-16-30)27-37(43-40)34-20-11-10-19-33(34)35-21-12-22-38-39(35)44-41(45-38)32-17-8-3-9-18-32/h1-27H. The summed E-state index contributed by atoms with van der Waals surface area (Å²) in [6.07, 6.45) is 0. The predicted molar refractivity (Wildman–Crippen MR) is 188 cm³/mol. The number of thiazole rings is 1. The quantitative estimate of drug-likeness (QED) is 0.192. The lowest BCUT2D eigenvalue weighted by atomic mass is 9.95. The van der Waals surface area contributed by atoms with Gasteiger partial charge in [-0.15, -0.1) is 11.3 Å². The van der Waals surface area contributed by atoms with Crippen molar-refractivity contribution in [3.8, 4) is 66.7 Å². The summed E-state index contributed by atoms with van der Waals surface area (Å²) < 4.78 is 1.16. The smallest absolute Gasteiger partial charge is 0.160 e. The summed E-state index contributed by atoms with van der Waals surface area (Å²) in [6, 6.07) is 56.7. The highest BCUT2D eigenvalue weighted by Gasteiger charge is 2.17. The van der Waals surface area contributed by atoms with Crippen molar-refractivity contribution in [2.24, 2.45) is 0 Å². The zero-order chi connectivity index (χ0) is 30.0. The van der Waals surface area contributed by atoms with Crippen LogP contribution in [0.3, 0.4) is 0 Å². The van der Waals surface area contributed by atoms with Crippen LogP contribution in [0.4, 0.5) is 0 Å². The van der Waals surface area contributed by atoms with Crippen molar-refractivity contribution in [2.75, 3.05) is 0 Å². The van der Waals surface area contributed by atoms with Crippen molar-refractivity contribution in [2.45, 2.75) is 0 Å². The zero-order valence-corrected chi connectivity index (χ0v) is 25.2. The van der Waals surface area contributed by atoms with Gasteiger partial charge in [0, 0.05) is 27.8 Å². The molecule has 0 aliphatic rings. The molecule has 8 rings (SSSR count). The van der Waals surface area contributed by atoms with Gasteiger partial charge in [0.25, 0.3) is 0 Å². The Labute approximate surface area is 266 Å². The Morgan fingerprint density at radius 3 is 1.60 bits per heavy atom. The van der Waals surface area contributed by atoms with Crippen LogP contribution >= 0.6 is 11.3 Å². The molecule has 3 nitrogen and oxygen atoms in total. The van der Waals surface area contributed by atoms with Gasteiger partial charge >= 0.3 is 0 Å². The van der Waals surface area contributed by atoms with Crippen LogP contribution in [0.1, 0.15) is 0 Å². The van der Waals surface area contributed by atoms with Gasteiger partial charge in [-0.3, -0.25) is 0 Å². The Bertz CT molecular complexity index is 2240. The number of rotatable bonds is 6. The third-order valence-electron chi connectivity index (χ3n) is 7.98. The Kier molecular flexibility index (Phi) is 7.02. The number of hydrogen-bond acceptors (Lipinski definition) is 4. The van der Waals surface area contributed by atoms with Crippen molar-refractivity contribution in [3.63, 3.8) is 0 Å². The second-order valence-electron chi connectivity index (χ2n) is 10.9. The molecule has 0 radical (unpaired) electrons. The molecule has 0 saturated heterocycles. The molecule has 0 fully saturated rings. The van der Waals surface area contributed by atoms with Gasteiger partial charge in [-0.25, -0.2) is 15.0 Å². The van der Waals surface area contributed by atoms with Crippen molar-refractivity contribution in [1.82, 2.24) is 15.0 Å². The van der Waals surface area contributed by atoms with Gasteiger partial charge in [-0.2, -0.15) is 0 Å². The molecule has 45 heavy (non-hydrogen) atoms. The van der Waals surface area contributed by atoms with Crippen LogP contribution in [0.2, 0.25) is 0 Å². The lowest BCUT2D eigenvalue weighted by Gasteiger charge is -2.13. The van der Waals surface area contributed by atoms with Crippen molar-refractivity contribution < 1.29 is 0 Å². The SMILES string of the molecule is c1ccc(-c2ccc(-c3nc(-c4ccccc4)cc(-c4ccccc4-c4cccc5sc(-c6ccccc6)nc45)n3)cc2)cc1. The van der Waals surface area contributed by atoms with E-state index in [1.165, 1.54) is 5.56 Å². The van der Waals surface area contributed by atoms with Crippen LogP contribution in [-0.4, -0.2) is 15.0 Å². The fourth-order valence-corrected chi connectivity index (χ4v) is 6.72. The molecule has 212 valence electrons.